The summed E-state index contributed by atoms with van der Waals surface area (Å²) in [5.74, 6) is 0.645. The fourth-order valence-electron chi connectivity index (χ4n) is 3.11. The minimum absolute atomic E-state index is 0.213. The summed E-state index contributed by atoms with van der Waals surface area (Å²) in [4.78, 5) is 13.1. The van der Waals surface area contributed by atoms with Crippen LogP contribution in [0.1, 0.15) is 22.6 Å². The molecular weight excluding hydrogens is 418 g/mol. The molecular formula is C26H23N3O2S. The third kappa shape index (κ3) is 6.12. The van der Waals surface area contributed by atoms with E-state index in [9.17, 15) is 4.79 Å². The van der Waals surface area contributed by atoms with Crippen molar-refractivity contribution in [3.63, 3.8) is 0 Å². The number of benzene rings is 3. The predicted octanol–water partition coefficient (Wildman–Crippen LogP) is 5.73. The van der Waals surface area contributed by atoms with Crippen molar-refractivity contribution in [3.05, 3.63) is 107 Å². The molecule has 4 aromatic rings. The number of nitrogens with zero attached hydrogens (tertiary/aromatic N) is 2. The van der Waals surface area contributed by atoms with Crippen LogP contribution < -0.4 is 10.1 Å². The highest BCUT2D eigenvalue weighted by molar-refractivity contribution is 7.15. The standard InChI is InChI=1S/C26H23N3O2S/c30-25(23(21-13-6-2-7-14-21)19-20-11-4-1-5-12-20)27-26-29-28-24(32-26)17-10-18-31-22-15-8-3-9-16-22/h1-9,11-16,19H,10,17-18H2,(H,27,29,30)/b23-19-. The van der Waals surface area contributed by atoms with Gasteiger partial charge in [-0.1, -0.05) is 90.2 Å². The Kier molecular flexibility index (Phi) is 7.39. The lowest BCUT2D eigenvalue weighted by molar-refractivity contribution is -0.111. The minimum Gasteiger partial charge on any atom is -0.494 e. The SMILES string of the molecule is O=C(Nc1nnc(CCCOc2ccccc2)s1)/C(=C\c1ccccc1)c1ccccc1. The van der Waals surface area contributed by atoms with Crippen molar-refractivity contribution in [2.24, 2.45) is 0 Å². The van der Waals surface area contributed by atoms with E-state index in [0.717, 1.165) is 34.7 Å². The van der Waals surface area contributed by atoms with E-state index >= 15 is 0 Å². The second kappa shape index (κ2) is 11.0. The molecule has 0 unspecified atom stereocenters. The number of amides is 1. The van der Waals surface area contributed by atoms with Crippen LogP contribution in [0.25, 0.3) is 11.6 Å². The van der Waals surface area contributed by atoms with Gasteiger partial charge in [0.05, 0.1) is 6.61 Å². The Bertz CT molecular complexity index is 1160. The Labute approximate surface area is 191 Å². The molecule has 0 aliphatic carbocycles. The summed E-state index contributed by atoms with van der Waals surface area (Å²) in [5, 5.41) is 12.6. The molecule has 1 N–H and O–H groups in total. The molecule has 5 nitrogen and oxygen atoms in total. The maximum Gasteiger partial charge on any atom is 0.258 e. The molecule has 0 fully saturated rings. The third-order valence-electron chi connectivity index (χ3n) is 4.67. The van der Waals surface area contributed by atoms with Crippen LogP contribution >= 0.6 is 11.3 Å². The Hall–Kier alpha value is -3.77. The molecule has 0 aliphatic rings. The topological polar surface area (TPSA) is 64.1 Å². The quantitative estimate of drug-likeness (QED) is 0.205. The number of para-hydroxylation sites is 1. The molecule has 4 rings (SSSR count). The monoisotopic (exact) mass is 441 g/mol. The van der Waals surface area contributed by atoms with Crippen LogP contribution in [-0.4, -0.2) is 22.7 Å². The Morgan fingerprint density at radius 3 is 2.25 bits per heavy atom. The summed E-state index contributed by atoms with van der Waals surface area (Å²) in [5.41, 5.74) is 2.37. The van der Waals surface area contributed by atoms with Crippen molar-refractivity contribution in [2.45, 2.75) is 12.8 Å². The largest absolute Gasteiger partial charge is 0.494 e. The number of carbonyl (C=O) groups excluding carboxylic acids is 1. The van der Waals surface area contributed by atoms with Crippen LogP contribution in [-0.2, 0) is 11.2 Å². The molecule has 0 spiro atoms. The van der Waals surface area contributed by atoms with Gasteiger partial charge >= 0.3 is 0 Å². The number of aromatic nitrogens is 2. The van der Waals surface area contributed by atoms with Gasteiger partial charge in [-0.05, 0) is 35.8 Å². The first-order chi connectivity index (χ1) is 15.8. The van der Waals surface area contributed by atoms with Crippen molar-refractivity contribution >= 4 is 34.0 Å². The van der Waals surface area contributed by atoms with E-state index in [1.165, 1.54) is 11.3 Å². The van der Waals surface area contributed by atoms with E-state index in [1.807, 2.05) is 97.1 Å². The van der Waals surface area contributed by atoms with Crippen molar-refractivity contribution < 1.29 is 9.53 Å². The highest BCUT2D eigenvalue weighted by atomic mass is 32.1. The second-order valence-electron chi connectivity index (χ2n) is 7.05. The maximum absolute atomic E-state index is 13.1. The molecule has 0 bridgehead atoms. The first-order valence-corrected chi connectivity index (χ1v) is 11.2. The Balaban J connectivity index is 1.38. The number of hydrogen-bond donors (Lipinski definition) is 1. The normalized spacial score (nSPS) is 11.2. The molecule has 1 heterocycles. The van der Waals surface area contributed by atoms with E-state index in [-0.39, 0.29) is 5.91 Å². The number of hydrogen-bond acceptors (Lipinski definition) is 5. The number of aryl methyl sites for hydroxylation is 1. The predicted molar refractivity (Wildman–Crippen MR) is 130 cm³/mol. The van der Waals surface area contributed by atoms with Crippen LogP contribution in [0, 0.1) is 0 Å². The highest BCUT2D eigenvalue weighted by Crippen LogP contribution is 2.23. The molecule has 1 amide bonds. The van der Waals surface area contributed by atoms with Gasteiger partial charge in [-0.15, -0.1) is 10.2 Å². The van der Waals surface area contributed by atoms with Gasteiger partial charge in [0, 0.05) is 12.0 Å². The molecule has 1 aromatic heterocycles. The molecule has 0 aliphatic heterocycles. The van der Waals surface area contributed by atoms with Gasteiger partial charge in [0.1, 0.15) is 10.8 Å². The molecule has 0 saturated carbocycles. The lowest BCUT2D eigenvalue weighted by Crippen LogP contribution is -2.13. The van der Waals surface area contributed by atoms with Crippen LogP contribution in [0.5, 0.6) is 5.75 Å². The number of anilines is 1. The van der Waals surface area contributed by atoms with Gasteiger partial charge < -0.3 is 4.74 Å². The van der Waals surface area contributed by atoms with Crippen LogP contribution in [0.15, 0.2) is 91.0 Å². The maximum atomic E-state index is 13.1. The number of nitrogens with one attached hydrogen (secondary N) is 1. The first kappa shape index (κ1) is 21.5. The summed E-state index contributed by atoms with van der Waals surface area (Å²) >= 11 is 1.39. The van der Waals surface area contributed by atoms with Gasteiger partial charge in [0.15, 0.2) is 0 Å². The number of carbonyl (C=O) groups is 1. The average Bonchev–Trinajstić information content (AvgIpc) is 3.29. The van der Waals surface area contributed by atoms with Crippen LogP contribution in [0.2, 0.25) is 0 Å². The van der Waals surface area contributed by atoms with E-state index in [4.69, 9.17) is 4.74 Å². The molecule has 3 aromatic carbocycles. The average molecular weight is 442 g/mol. The summed E-state index contributed by atoms with van der Waals surface area (Å²) < 4.78 is 5.72. The summed E-state index contributed by atoms with van der Waals surface area (Å²) in [6.45, 7) is 0.600. The van der Waals surface area contributed by atoms with Gasteiger partial charge in [-0.3, -0.25) is 10.1 Å². The fraction of sp³-hybridized carbons (Fsp3) is 0.115. The zero-order chi connectivity index (χ0) is 22.0. The van der Waals surface area contributed by atoms with Crippen LogP contribution in [0.4, 0.5) is 5.13 Å². The lowest BCUT2D eigenvalue weighted by Gasteiger charge is -2.08. The van der Waals surface area contributed by atoms with Crippen molar-refractivity contribution in [2.75, 3.05) is 11.9 Å². The first-order valence-electron chi connectivity index (χ1n) is 10.4. The summed E-state index contributed by atoms with van der Waals surface area (Å²) in [7, 11) is 0. The zero-order valence-corrected chi connectivity index (χ0v) is 18.3. The number of ether oxygens (including phenoxy) is 1. The minimum atomic E-state index is -0.213. The van der Waals surface area contributed by atoms with Crippen LogP contribution in [0.3, 0.4) is 0 Å². The van der Waals surface area contributed by atoms with Crippen molar-refractivity contribution in [1.82, 2.24) is 10.2 Å². The number of rotatable bonds is 9. The molecule has 0 atom stereocenters. The van der Waals surface area contributed by atoms with Gasteiger partial charge in [0.25, 0.3) is 5.91 Å². The third-order valence-corrected chi connectivity index (χ3v) is 5.57. The molecule has 6 heteroatoms. The van der Waals surface area contributed by atoms with E-state index < -0.39 is 0 Å². The molecule has 0 radical (unpaired) electrons. The van der Waals surface area contributed by atoms with E-state index in [2.05, 4.69) is 15.5 Å². The molecule has 32 heavy (non-hydrogen) atoms. The Morgan fingerprint density at radius 2 is 1.53 bits per heavy atom. The highest BCUT2D eigenvalue weighted by Gasteiger charge is 2.15. The molecule has 160 valence electrons. The van der Waals surface area contributed by atoms with Gasteiger partial charge in [-0.25, -0.2) is 0 Å². The van der Waals surface area contributed by atoms with E-state index in [0.29, 0.717) is 17.3 Å². The Morgan fingerprint density at radius 1 is 0.875 bits per heavy atom. The fourth-order valence-corrected chi connectivity index (χ4v) is 3.89. The molecule has 0 saturated heterocycles. The van der Waals surface area contributed by atoms with Gasteiger partial charge in [-0.2, -0.15) is 0 Å². The van der Waals surface area contributed by atoms with Gasteiger partial charge in [0.2, 0.25) is 5.13 Å². The van der Waals surface area contributed by atoms with Crippen molar-refractivity contribution in [3.8, 4) is 5.75 Å². The second-order valence-corrected chi connectivity index (χ2v) is 8.12. The lowest BCUT2D eigenvalue weighted by atomic mass is 10.0. The zero-order valence-electron chi connectivity index (χ0n) is 17.5. The summed E-state index contributed by atoms with van der Waals surface area (Å²) in [6, 6.07) is 29.1. The van der Waals surface area contributed by atoms with Crippen molar-refractivity contribution in [1.29, 1.82) is 0 Å². The van der Waals surface area contributed by atoms with E-state index in [1.54, 1.807) is 0 Å². The smallest absolute Gasteiger partial charge is 0.258 e. The summed E-state index contributed by atoms with van der Waals surface area (Å²) in [6.07, 6.45) is 3.44.